The summed E-state index contributed by atoms with van der Waals surface area (Å²) in [4.78, 5) is 58.1. The highest BCUT2D eigenvalue weighted by molar-refractivity contribution is 7.21. The molecule has 1 aliphatic heterocycles. The van der Waals surface area contributed by atoms with Crippen LogP contribution in [0.15, 0.2) is 101 Å². The van der Waals surface area contributed by atoms with Crippen LogP contribution >= 0.6 is 11.3 Å². The number of hydrogen-bond acceptors (Lipinski definition) is 9. The van der Waals surface area contributed by atoms with Gasteiger partial charge in [0, 0.05) is 31.3 Å². The molecule has 1 amide bonds. The van der Waals surface area contributed by atoms with E-state index in [-0.39, 0.29) is 24.4 Å². The van der Waals surface area contributed by atoms with Crippen molar-refractivity contribution < 1.29 is 23.5 Å². The van der Waals surface area contributed by atoms with Gasteiger partial charge in [-0.15, -0.1) is 4.80 Å². The minimum atomic E-state index is -3.30. The topological polar surface area (TPSA) is 134 Å². The highest BCUT2D eigenvalue weighted by atomic mass is 32.1. The Morgan fingerprint density at radius 3 is 2.23 bits per heavy atom. The van der Waals surface area contributed by atoms with E-state index in [0.29, 0.717) is 52.5 Å². The third-order valence-electron chi connectivity index (χ3n) is 11.0. The average Bonchev–Trinajstić information content (AvgIpc) is 3.94. The Morgan fingerprint density at radius 1 is 1.00 bits per heavy atom. The number of fused-ring (bicyclic) bond motifs is 1. The second-order valence-electron chi connectivity index (χ2n) is 14.8. The van der Waals surface area contributed by atoms with Crippen molar-refractivity contribution in [2.24, 2.45) is 0 Å². The summed E-state index contributed by atoms with van der Waals surface area (Å²) in [5.74, 6) is -0.479. The monoisotopic (exact) mass is 796 g/mol. The first-order valence-corrected chi connectivity index (χ1v) is 21.3. The minimum absolute atomic E-state index is 0.131. The van der Waals surface area contributed by atoms with Crippen molar-refractivity contribution in [3.8, 4) is 10.8 Å². The van der Waals surface area contributed by atoms with E-state index in [1.165, 1.54) is 63.3 Å². The highest BCUT2D eigenvalue weighted by Crippen LogP contribution is 2.40. The summed E-state index contributed by atoms with van der Waals surface area (Å²) in [5.41, 5.74) is -0.310. The normalized spacial score (nSPS) is 15.5. The maximum absolute atomic E-state index is 15.0. The number of nitrogens with zero attached hydrogens (tertiary/aromatic N) is 6. The molecule has 7 rings (SSSR count). The number of thiophene rings is 1. The molecule has 1 fully saturated rings. The second kappa shape index (κ2) is 15.7. The predicted molar refractivity (Wildman–Crippen MR) is 216 cm³/mol. The molecule has 56 heavy (non-hydrogen) atoms. The van der Waals surface area contributed by atoms with E-state index < -0.39 is 42.6 Å². The molecular weight excluding hydrogens is 752 g/mol. The van der Waals surface area contributed by atoms with Gasteiger partial charge in [0.2, 0.25) is 5.91 Å². The van der Waals surface area contributed by atoms with Crippen LogP contribution in [0.3, 0.4) is 0 Å². The zero-order chi connectivity index (χ0) is 39.8. The van der Waals surface area contributed by atoms with Gasteiger partial charge in [-0.25, -0.2) is 13.8 Å². The van der Waals surface area contributed by atoms with Gasteiger partial charge in [0.15, 0.2) is 0 Å². The number of aromatic nitrogens is 5. The van der Waals surface area contributed by atoms with Crippen molar-refractivity contribution >= 4 is 46.2 Å². The van der Waals surface area contributed by atoms with Crippen LogP contribution in [0, 0.1) is 12.7 Å². The fraction of sp³-hybridized carbons (Fsp3) is 0.341. The maximum atomic E-state index is 15.0. The molecule has 6 aromatic rings. The molecule has 3 aromatic carbocycles. The Hall–Kier alpha value is -5.22. The smallest absolute Gasteiger partial charge is 0.332 e. The molecule has 3 aromatic heterocycles. The second-order valence-corrected chi connectivity index (χ2v) is 19.7. The number of aryl methyl sites for hydroxylation is 1. The van der Waals surface area contributed by atoms with Crippen LogP contribution in [0.2, 0.25) is 5.04 Å². The Morgan fingerprint density at radius 2 is 1.64 bits per heavy atom. The van der Waals surface area contributed by atoms with Crippen LogP contribution in [0.4, 0.5) is 4.39 Å². The number of carbonyl (C=O) groups excluding carboxylic acids is 1. The van der Waals surface area contributed by atoms with Gasteiger partial charge >= 0.3 is 5.69 Å². The minimum Gasteiger partial charge on any atom is -0.496 e. The number of amides is 1. The fourth-order valence-electron chi connectivity index (χ4n) is 7.93. The van der Waals surface area contributed by atoms with Gasteiger partial charge in [-0.2, -0.15) is 10.2 Å². The Kier molecular flexibility index (Phi) is 11.0. The summed E-state index contributed by atoms with van der Waals surface area (Å²) in [6.45, 7) is 6.39. The van der Waals surface area contributed by atoms with E-state index >= 15 is 4.39 Å². The van der Waals surface area contributed by atoms with Gasteiger partial charge in [-0.1, -0.05) is 85.8 Å². The molecule has 0 radical (unpaired) electrons. The molecule has 1 saturated heterocycles. The molecule has 0 spiro atoms. The Labute approximate surface area is 328 Å². The van der Waals surface area contributed by atoms with Crippen molar-refractivity contribution in [2.45, 2.75) is 63.8 Å². The molecule has 0 bridgehead atoms. The molecule has 292 valence electrons. The molecular formula is C41H45FN6O6SSi. The van der Waals surface area contributed by atoms with E-state index in [4.69, 9.17) is 9.47 Å². The van der Waals surface area contributed by atoms with Crippen LogP contribution in [-0.4, -0.2) is 75.4 Å². The number of halogens is 1. The number of benzene rings is 3. The number of carbonyl (C=O) groups is 1. The van der Waals surface area contributed by atoms with E-state index in [2.05, 4.69) is 24.0 Å². The highest BCUT2D eigenvalue weighted by Gasteiger charge is 2.49. The van der Waals surface area contributed by atoms with Crippen molar-refractivity contribution in [1.29, 1.82) is 0 Å². The quantitative estimate of drug-likeness (QED) is 0.124. The molecule has 0 saturated carbocycles. The maximum Gasteiger partial charge on any atom is 0.332 e. The molecule has 15 heteroatoms. The van der Waals surface area contributed by atoms with Crippen molar-refractivity contribution in [1.82, 2.24) is 29.0 Å². The van der Waals surface area contributed by atoms with Gasteiger partial charge in [-0.3, -0.25) is 14.2 Å². The number of hydrogen-bond donors (Lipinski definition) is 1. The zero-order valence-corrected chi connectivity index (χ0v) is 33.8. The van der Waals surface area contributed by atoms with Gasteiger partial charge in [-0.05, 0) is 59.8 Å². The zero-order valence-electron chi connectivity index (χ0n) is 32.0. The van der Waals surface area contributed by atoms with E-state index in [1.54, 1.807) is 14.0 Å². The molecule has 2 atom stereocenters. The number of likely N-dealkylation sites (tertiary alicyclic amines) is 1. The standard InChI is InChI=1S/C41H45FN6O6SSi/c1-27-35-37(50)47(32-19-23-45(4)36(32)49)40(51)46(39(35)55-38(27)48-43-21-22-44-48)26-34(31-25-28(42)17-18-33(31)53-5)54-24-12-20-41(2,3)56(52,29-13-8-6-9-14-29)30-15-10-7-11-16-30/h6-11,13-18,21-22,25,32,34,52H,12,19-20,23-24,26H2,1-5H3/t32?,34-/m0/s1. The fourth-order valence-corrected chi connectivity index (χ4v) is 12.9. The summed E-state index contributed by atoms with van der Waals surface area (Å²) in [6.07, 6.45) is 3.52. The summed E-state index contributed by atoms with van der Waals surface area (Å²) >= 11 is 1.18. The molecule has 4 heterocycles. The Balaban J connectivity index is 1.28. The lowest BCUT2D eigenvalue weighted by Gasteiger charge is -2.41. The molecule has 1 N–H and O–H groups in total. The average molecular weight is 797 g/mol. The lowest BCUT2D eigenvalue weighted by Crippen LogP contribution is -2.65. The van der Waals surface area contributed by atoms with Gasteiger partial charge in [0.05, 0.1) is 31.4 Å². The first-order valence-electron chi connectivity index (χ1n) is 18.6. The van der Waals surface area contributed by atoms with Crippen molar-refractivity contribution in [2.75, 3.05) is 27.3 Å². The van der Waals surface area contributed by atoms with Crippen LogP contribution in [0.25, 0.3) is 15.2 Å². The SMILES string of the molecule is COc1ccc(F)cc1[C@H](Cn1c(=O)n(C2CCN(C)C2=O)c(=O)c2c(C)c(-n3nccn3)sc21)OCCCC(C)(C)[Si](O)(c1ccccc1)c1ccccc1. The summed E-state index contributed by atoms with van der Waals surface area (Å²) < 4.78 is 29.8. The van der Waals surface area contributed by atoms with Crippen LogP contribution in [0.1, 0.15) is 56.4 Å². The lowest BCUT2D eigenvalue weighted by atomic mass is 10.1. The van der Waals surface area contributed by atoms with Gasteiger partial charge in [0.25, 0.3) is 13.9 Å². The van der Waals surface area contributed by atoms with E-state index in [1.807, 2.05) is 60.7 Å². The van der Waals surface area contributed by atoms with E-state index in [9.17, 15) is 19.2 Å². The third-order valence-corrected chi connectivity index (χ3v) is 16.9. The number of rotatable bonds is 14. The molecule has 1 aliphatic rings. The van der Waals surface area contributed by atoms with E-state index in [0.717, 1.165) is 14.9 Å². The van der Waals surface area contributed by atoms with Crippen LogP contribution < -0.4 is 26.4 Å². The van der Waals surface area contributed by atoms with Crippen LogP contribution in [-0.2, 0) is 16.1 Å². The summed E-state index contributed by atoms with van der Waals surface area (Å²) in [5, 5.41) is 10.6. The van der Waals surface area contributed by atoms with Gasteiger partial charge in [0.1, 0.15) is 33.5 Å². The molecule has 0 aliphatic carbocycles. The van der Waals surface area contributed by atoms with Crippen LogP contribution in [0.5, 0.6) is 5.75 Å². The lowest BCUT2D eigenvalue weighted by molar-refractivity contribution is -0.129. The Bertz CT molecular complexity index is 2430. The summed E-state index contributed by atoms with van der Waals surface area (Å²) in [7, 11) is -0.173. The number of likely N-dealkylation sites (N-methyl/N-ethyl adjacent to an activating group) is 1. The molecule has 12 nitrogen and oxygen atoms in total. The van der Waals surface area contributed by atoms with Crippen molar-refractivity contribution in [3.63, 3.8) is 0 Å². The number of ether oxygens (including phenoxy) is 2. The first-order chi connectivity index (χ1) is 26.9. The predicted octanol–water partition coefficient (Wildman–Crippen LogP) is 4.74. The van der Waals surface area contributed by atoms with Gasteiger partial charge < -0.3 is 19.2 Å². The third kappa shape index (κ3) is 6.93. The first kappa shape index (κ1) is 39.0. The molecule has 1 unspecified atom stereocenters. The summed E-state index contributed by atoms with van der Waals surface area (Å²) in [6, 6.07) is 22.7. The van der Waals surface area contributed by atoms with Crippen molar-refractivity contribution in [3.05, 3.63) is 129 Å². The number of methoxy groups -OCH3 is 1. The largest absolute Gasteiger partial charge is 0.496 e.